The fraction of sp³-hybridized carbons (Fsp3) is 0.286. The molecule has 0 bridgehead atoms. The molecular weight excluding hydrogens is 428 g/mol. The van der Waals surface area contributed by atoms with Gasteiger partial charge in [-0.05, 0) is 60.9 Å². The van der Waals surface area contributed by atoms with E-state index >= 15 is 0 Å². The van der Waals surface area contributed by atoms with Gasteiger partial charge in [-0.25, -0.2) is 4.98 Å². The summed E-state index contributed by atoms with van der Waals surface area (Å²) in [6.07, 6.45) is 4.44. The third-order valence-electron chi connectivity index (χ3n) is 5.86. The fourth-order valence-electron chi connectivity index (χ4n) is 3.67. The second-order valence-electron chi connectivity index (χ2n) is 8.37. The second-order valence-corrected chi connectivity index (χ2v) is 9.38. The Kier molecular flexibility index (Phi) is 7.74. The van der Waals surface area contributed by atoms with Crippen LogP contribution in [0.1, 0.15) is 49.9 Å². The number of fused-ring (bicyclic) bond motifs is 1. The van der Waals surface area contributed by atoms with Gasteiger partial charge >= 0.3 is 0 Å². The average molecular weight is 459 g/mol. The average Bonchev–Trinajstić information content (AvgIpc) is 3.28. The molecule has 5 heteroatoms. The summed E-state index contributed by atoms with van der Waals surface area (Å²) in [5, 5.41) is 0.759. The molecule has 1 aromatic heterocycles. The molecule has 1 atom stereocenters. The number of unbranched alkanes of at least 4 members (excludes halogenated alkanes) is 1. The standard InChI is InChI=1S/C28H30N2O2S/c1-3-21(2)11-9-10-20-30(28-29-25-14-7-8-15-26(25)33-28)27(31)22-16-18-24(19-17-22)32-23-12-5-4-6-13-23/h4-8,12-19,21H,3,9-11,20H2,1-2H3/t21-/m0/s1. The van der Waals surface area contributed by atoms with Crippen LogP contribution in [0.2, 0.25) is 0 Å². The first-order chi connectivity index (χ1) is 16.1. The van der Waals surface area contributed by atoms with Crippen LogP contribution in [0.15, 0.2) is 78.9 Å². The third kappa shape index (κ3) is 5.99. The van der Waals surface area contributed by atoms with Crippen LogP contribution in [0.25, 0.3) is 10.2 Å². The highest BCUT2D eigenvalue weighted by atomic mass is 32.1. The summed E-state index contributed by atoms with van der Waals surface area (Å²) in [7, 11) is 0. The maximum atomic E-state index is 13.5. The van der Waals surface area contributed by atoms with Crippen LogP contribution in [0, 0.1) is 5.92 Å². The molecular formula is C28H30N2O2S. The number of carbonyl (C=O) groups is 1. The molecule has 3 aromatic carbocycles. The topological polar surface area (TPSA) is 42.4 Å². The molecule has 0 aliphatic rings. The lowest BCUT2D eigenvalue weighted by Gasteiger charge is -2.20. The van der Waals surface area contributed by atoms with E-state index in [2.05, 4.69) is 19.9 Å². The normalized spacial score (nSPS) is 11.9. The van der Waals surface area contributed by atoms with Crippen molar-refractivity contribution in [3.05, 3.63) is 84.4 Å². The minimum absolute atomic E-state index is 0.0242. The summed E-state index contributed by atoms with van der Waals surface area (Å²) in [4.78, 5) is 20.1. The van der Waals surface area contributed by atoms with Crippen molar-refractivity contribution in [2.45, 2.75) is 39.5 Å². The third-order valence-corrected chi connectivity index (χ3v) is 6.92. The van der Waals surface area contributed by atoms with Crippen LogP contribution in [-0.4, -0.2) is 17.4 Å². The van der Waals surface area contributed by atoms with Gasteiger partial charge in [0.2, 0.25) is 0 Å². The Hall–Kier alpha value is -3.18. The highest BCUT2D eigenvalue weighted by Crippen LogP contribution is 2.30. The van der Waals surface area contributed by atoms with Crippen LogP contribution in [0.3, 0.4) is 0 Å². The lowest BCUT2D eigenvalue weighted by Crippen LogP contribution is -2.31. The number of nitrogens with zero attached hydrogens (tertiary/aromatic N) is 2. The van der Waals surface area contributed by atoms with Gasteiger partial charge in [-0.15, -0.1) is 0 Å². The zero-order chi connectivity index (χ0) is 23.0. The number of thiazole rings is 1. The molecule has 1 amide bonds. The lowest BCUT2D eigenvalue weighted by molar-refractivity contribution is 0.0986. The summed E-state index contributed by atoms with van der Waals surface area (Å²) < 4.78 is 6.97. The smallest absolute Gasteiger partial charge is 0.260 e. The molecule has 1 heterocycles. The number of anilines is 1. The van der Waals surface area contributed by atoms with E-state index in [4.69, 9.17) is 9.72 Å². The Labute approximate surface area is 199 Å². The molecule has 0 fully saturated rings. The van der Waals surface area contributed by atoms with E-state index in [1.54, 1.807) is 11.3 Å². The van der Waals surface area contributed by atoms with Gasteiger partial charge in [-0.3, -0.25) is 9.69 Å². The molecule has 0 aliphatic heterocycles. The van der Waals surface area contributed by atoms with E-state index in [9.17, 15) is 4.79 Å². The van der Waals surface area contributed by atoms with Gasteiger partial charge < -0.3 is 4.74 Å². The highest BCUT2D eigenvalue weighted by Gasteiger charge is 2.21. The molecule has 0 aliphatic carbocycles. The largest absolute Gasteiger partial charge is 0.457 e. The molecule has 170 valence electrons. The number of para-hydroxylation sites is 2. The first-order valence-electron chi connectivity index (χ1n) is 11.6. The summed E-state index contributed by atoms with van der Waals surface area (Å²) in [5.41, 5.74) is 1.57. The van der Waals surface area contributed by atoms with E-state index in [1.165, 1.54) is 12.8 Å². The van der Waals surface area contributed by atoms with E-state index in [0.29, 0.717) is 23.8 Å². The van der Waals surface area contributed by atoms with Gasteiger partial charge in [0.25, 0.3) is 5.91 Å². The van der Waals surface area contributed by atoms with Crippen molar-refractivity contribution in [1.29, 1.82) is 0 Å². The first kappa shape index (κ1) is 23.0. The molecule has 4 rings (SSSR count). The molecule has 0 saturated carbocycles. The monoisotopic (exact) mass is 458 g/mol. The number of hydrogen-bond donors (Lipinski definition) is 0. The van der Waals surface area contributed by atoms with Gasteiger partial charge in [0, 0.05) is 12.1 Å². The van der Waals surface area contributed by atoms with Crippen molar-refractivity contribution < 1.29 is 9.53 Å². The maximum Gasteiger partial charge on any atom is 0.260 e. The minimum atomic E-state index is -0.0242. The molecule has 0 saturated heterocycles. The van der Waals surface area contributed by atoms with Crippen molar-refractivity contribution in [3.63, 3.8) is 0 Å². The van der Waals surface area contributed by atoms with Crippen LogP contribution in [0.4, 0.5) is 5.13 Å². The molecule has 0 N–H and O–H groups in total. The Morgan fingerprint density at radius 2 is 1.64 bits per heavy atom. The first-order valence-corrected chi connectivity index (χ1v) is 12.5. The predicted molar refractivity (Wildman–Crippen MR) is 138 cm³/mol. The second kappa shape index (κ2) is 11.1. The van der Waals surface area contributed by atoms with E-state index in [1.807, 2.05) is 77.7 Å². The summed E-state index contributed by atoms with van der Waals surface area (Å²) >= 11 is 1.57. The van der Waals surface area contributed by atoms with Crippen LogP contribution < -0.4 is 9.64 Å². The number of aromatic nitrogens is 1. The number of hydrogen-bond acceptors (Lipinski definition) is 4. The Balaban J connectivity index is 1.51. The molecule has 33 heavy (non-hydrogen) atoms. The Morgan fingerprint density at radius 3 is 2.36 bits per heavy atom. The number of amides is 1. The molecule has 4 aromatic rings. The quantitative estimate of drug-likeness (QED) is 0.226. The van der Waals surface area contributed by atoms with Gasteiger partial charge in [0.1, 0.15) is 11.5 Å². The van der Waals surface area contributed by atoms with E-state index in [0.717, 1.165) is 33.9 Å². The molecule has 0 radical (unpaired) electrons. The predicted octanol–water partition coefficient (Wildman–Crippen LogP) is 7.95. The van der Waals surface area contributed by atoms with Gasteiger partial charge in [0.15, 0.2) is 5.13 Å². The van der Waals surface area contributed by atoms with Crippen molar-refractivity contribution in [3.8, 4) is 11.5 Å². The number of ether oxygens (including phenoxy) is 1. The van der Waals surface area contributed by atoms with Crippen molar-refractivity contribution in [2.75, 3.05) is 11.4 Å². The minimum Gasteiger partial charge on any atom is -0.457 e. The summed E-state index contributed by atoms with van der Waals surface area (Å²) in [6, 6.07) is 25.0. The van der Waals surface area contributed by atoms with Crippen molar-refractivity contribution in [1.82, 2.24) is 4.98 Å². The molecule has 0 spiro atoms. The maximum absolute atomic E-state index is 13.5. The number of rotatable bonds is 10. The SMILES string of the molecule is CC[C@H](C)CCCCN(C(=O)c1ccc(Oc2ccccc2)cc1)c1nc2ccccc2s1. The summed E-state index contributed by atoms with van der Waals surface area (Å²) in [5.74, 6) is 2.17. The van der Waals surface area contributed by atoms with E-state index in [-0.39, 0.29) is 5.91 Å². The Morgan fingerprint density at radius 1 is 0.939 bits per heavy atom. The van der Waals surface area contributed by atoms with E-state index < -0.39 is 0 Å². The van der Waals surface area contributed by atoms with Gasteiger partial charge in [-0.2, -0.15) is 0 Å². The number of benzene rings is 3. The van der Waals surface area contributed by atoms with Crippen molar-refractivity contribution >= 4 is 32.6 Å². The highest BCUT2D eigenvalue weighted by molar-refractivity contribution is 7.22. The van der Waals surface area contributed by atoms with Gasteiger partial charge in [0.05, 0.1) is 10.2 Å². The zero-order valence-electron chi connectivity index (χ0n) is 19.2. The van der Waals surface area contributed by atoms with Crippen molar-refractivity contribution in [2.24, 2.45) is 5.92 Å². The van der Waals surface area contributed by atoms with Gasteiger partial charge in [-0.1, -0.05) is 74.8 Å². The fourth-order valence-corrected chi connectivity index (χ4v) is 4.66. The van der Waals surface area contributed by atoms with Crippen LogP contribution >= 0.6 is 11.3 Å². The summed E-state index contributed by atoms with van der Waals surface area (Å²) in [6.45, 7) is 5.18. The number of carbonyl (C=O) groups excluding carboxylic acids is 1. The molecule has 0 unspecified atom stereocenters. The van der Waals surface area contributed by atoms with Crippen LogP contribution in [0.5, 0.6) is 11.5 Å². The van der Waals surface area contributed by atoms with Crippen LogP contribution in [-0.2, 0) is 0 Å². The lowest BCUT2D eigenvalue weighted by atomic mass is 10.0. The Bertz CT molecular complexity index is 1140. The molecule has 4 nitrogen and oxygen atoms in total. The zero-order valence-corrected chi connectivity index (χ0v) is 20.1.